The van der Waals surface area contributed by atoms with E-state index >= 15 is 0 Å². The Balaban J connectivity index is 2.96. The first-order chi connectivity index (χ1) is 5.94. The fourth-order valence-corrected chi connectivity index (χ4v) is 2.94. The van der Waals surface area contributed by atoms with Crippen LogP contribution in [0.25, 0.3) is 0 Å². The number of Topliss-reactive ketones (excluding diaryl/α,β-unsaturated/α-hetero) is 1. The highest BCUT2D eigenvalue weighted by Crippen LogP contribution is 2.47. The maximum absolute atomic E-state index is 11.9. The Morgan fingerprint density at radius 3 is 2.38 bits per heavy atom. The summed E-state index contributed by atoms with van der Waals surface area (Å²) in [6, 6.07) is 0. The lowest BCUT2D eigenvalue weighted by Crippen LogP contribution is -2.47. The van der Waals surface area contributed by atoms with E-state index in [0.717, 1.165) is 25.7 Å². The van der Waals surface area contributed by atoms with E-state index in [2.05, 4.69) is 33.4 Å². The van der Waals surface area contributed by atoms with Crippen molar-refractivity contribution in [3.63, 3.8) is 0 Å². The van der Waals surface area contributed by atoms with Crippen LogP contribution in [-0.4, -0.2) is 10.5 Å². The molecule has 0 bridgehead atoms. The van der Waals surface area contributed by atoms with Gasteiger partial charge in [0.15, 0.2) is 0 Å². The van der Waals surface area contributed by atoms with Crippen LogP contribution in [0.1, 0.15) is 52.9 Å². The van der Waals surface area contributed by atoms with Crippen molar-refractivity contribution in [3.8, 4) is 0 Å². The van der Waals surface area contributed by atoms with E-state index in [1.54, 1.807) is 0 Å². The Kier molecular flexibility index (Phi) is 3.11. The van der Waals surface area contributed by atoms with E-state index in [-0.39, 0.29) is 10.2 Å². The van der Waals surface area contributed by atoms with Gasteiger partial charge in [0.1, 0.15) is 5.78 Å². The monoisotopic (exact) mass is 200 g/mol. The van der Waals surface area contributed by atoms with Crippen LogP contribution in [0, 0.1) is 5.41 Å². The highest BCUT2D eigenvalue weighted by Gasteiger charge is 2.47. The third kappa shape index (κ3) is 1.78. The topological polar surface area (TPSA) is 17.1 Å². The highest BCUT2D eigenvalue weighted by atomic mass is 32.1. The number of thiol groups is 1. The summed E-state index contributed by atoms with van der Waals surface area (Å²) >= 11 is 4.60. The molecule has 0 amide bonds. The van der Waals surface area contributed by atoms with Gasteiger partial charge in [-0.3, -0.25) is 4.79 Å². The molecular formula is C11H20OS. The van der Waals surface area contributed by atoms with Gasteiger partial charge in [-0.2, -0.15) is 12.6 Å². The molecule has 0 heterocycles. The highest BCUT2D eigenvalue weighted by molar-refractivity contribution is 7.81. The molecule has 0 spiro atoms. The third-order valence-corrected chi connectivity index (χ3v) is 3.99. The lowest BCUT2D eigenvalue weighted by atomic mass is 9.64. The van der Waals surface area contributed by atoms with Crippen molar-refractivity contribution in [2.24, 2.45) is 5.41 Å². The summed E-state index contributed by atoms with van der Waals surface area (Å²) in [7, 11) is 0. The average Bonchev–Trinajstić information content (AvgIpc) is 2.03. The fraction of sp³-hybridized carbons (Fsp3) is 0.909. The molecule has 1 rings (SSSR count). The number of rotatable bonds is 2. The second-order valence-corrected chi connectivity index (χ2v) is 5.74. The molecule has 1 unspecified atom stereocenters. The van der Waals surface area contributed by atoms with E-state index < -0.39 is 0 Å². The number of carbonyl (C=O) groups excluding carboxylic acids is 1. The van der Waals surface area contributed by atoms with Crippen LogP contribution in [0.2, 0.25) is 0 Å². The van der Waals surface area contributed by atoms with E-state index in [4.69, 9.17) is 0 Å². The van der Waals surface area contributed by atoms with Gasteiger partial charge in [-0.15, -0.1) is 0 Å². The summed E-state index contributed by atoms with van der Waals surface area (Å²) in [5.74, 6) is 0.432. The molecule has 0 saturated heterocycles. The Hall–Kier alpha value is 0.0200. The van der Waals surface area contributed by atoms with Gasteiger partial charge in [0, 0.05) is 16.6 Å². The van der Waals surface area contributed by atoms with Crippen molar-refractivity contribution < 1.29 is 4.79 Å². The summed E-state index contributed by atoms with van der Waals surface area (Å²) in [6.45, 7) is 6.26. The first-order valence-corrected chi connectivity index (χ1v) is 5.64. The summed E-state index contributed by atoms with van der Waals surface area (Å²) in [6.07, 6.45) is 4.98. The Morgan fingerprint density at radius 1 is 1.46 bits per heavy atom. The first-order valence-electron chi connectivity index (χ1n) is 5.20. The maximum atomic E-state index is 11.9. The zero-order valence-corrected chi connectivity index (χ0v) is 9.79. The molecule has 1 atom stereocenters. The fourth-order valence-electron chi connectivity index (χ4n) is 2.54. The smallest absolute Gasteiger partial charge is 0.140 e. The van der Waals surface area contributed by atoms with Crippen molar-refractivity contribution in [3.05, 3.63) is 0 Å². The minimum atomic E-state index is -0.167. The van der Waals surface area contributed by atoms with Crippen molar-refractivity contribution in [1.29, 1.82) is 0 Å². The van der Waals surface area contributed by atoms with Gasteiger partial charge in [0.2, 0.25) is 0 Å². The van der Waals surface area contributed by atoms with E-state index in [9.17, 15) is 4.79 Å². The SMILES string of the molecule is CCC1(C(C)(C)S)CCCCC1=O. The van der Waals surface area contributed by atoms with Crippen LogP contribution in [0.3, 0.4) is 0 Å². The molecule has 0 radical (unpaired) electrons. The van der Waals surface area contributed by atoms with Crippen LogP contribution >= 0.6 is 12.6 Å². The van der Waals surface area contributed by atoms with E-state index in [1.165, 1.54) is 6.42 Å². The molecule has 1 aliphatic carbocycles. The van der Waals surface area contributed by atoms with E-state index in [1.807, 2.05) is 0 Å². The van der Waals surface area contributed by atoms with E-state index in [0.29, 0.717) is 5.78 Å². The number of hydrogen-bond donors (Lipinski definition) is 1. The molecule has 76 valence electrons. The lowest BCUT2D eigenvalue weighted by Gasteiger charge is -2.44. The Morgan fingerprint density at radius 2 is 2.08 bits per heavy atom. The number of hydrogen-bond acceptors (Lipinski definition) is 2. The molecule has 1 aliphatic rings. The standard InChI is InChI=1S/C11H20OS/c1-4-11(10(2,3)13)8-6-5-7-9(11)12/h13H,4-8H2,1-3H3. The Labute approximate surface area is 86.7 Å². The molecule has 2 heteroatoms. The van der Waals surface area contributed by atoms with Crippen molar-refractivity contribution >= 4 is 18.4 Å². The van der Waals surface area contributed by atoms with Crippen LogP contribution in [0.15, 0.2) is 0 Å². The second-order valence-electron chi connectivity index (χ2n) is 4.62. The molecule has 13 heavy (non-hydrogen) atoms. The summed E-state index contributed by atoms with van der Waals surface area (Å²) in [5.41, 5.74) is -0.158. The zero-order chi connectivity index (χ0) is 10.1. The predicted octanol–water partition coefficient (Wildman–Crippen LogP) is 3.23. The van der Waals surface area contributed by atoms with Gasteiger partial charge in [0.05, 0.1) is 0 Å². The summed E-state index contributed by atoms with van der Waals surface area (Å²) < 4.78 is -0.167. The molecule has 0 aliphatic heterocycles. The summed E-state index contributed by atoms with van der Waals surface area (Å²) in [4.78, 5) is 11.9. The molecule has 0 aromatic rings. The third-order valence-electron chi connectivity index (χ3n) is 3.57. The largest absolute Gasteiger partial charge is 0.299 e. The number of carbonyl (C=O) groups is 1. The zero-order valence-electron chi connectivity index (χ0n) is 8.89. The van der Waals surface area contributed by atoms with Crippen molar-refractivity contribution in [2.75, 3.05) is 0 Å². The second kappa shape index (κ2) is 3.64. The summed E-state index contributed by atoms with van der Waals surface area (Å²) in [5, 5.41) is 0. The minimum absolute atomic E-state index is 0.158. The van der Waals surface area contributed by atoms with Gasteiger partial charge in [-0.05, 0) is 33.1 Å². The van der Waals surface area contributed by atoms with Crippen LogP contribution in [-0.2, 0) is 4.79 Å². The molecule has 1 fully saturated rings. The molecule has 0 N–H and O–H groups in total. The predicted molar refractivity (Wildman–Crippen MR) is 59.3 cm³/mol. The molecule has 1 saturated carbocycles. The van der Waals surface area contributed by atoms with Gasteiger partial charge >= 0.3 is 0 Å². The van der Waals surface area contributed by atoms with Gasteiger partial charge in [0.25, 0.3) is 0 Å². The molecular weight excluding hydrogens is 180 g/mol. The van der Waals surface area contributed by atoms with Gasteiger partial charge in [-0.25, -0.2) is 0 Å². The van der Waals surface area contributed by atoms with Gasteiger partial charge in [-0.1, -0.05) is 13.3 Å². The normalized spacial score (nSPS) is 30.6. The Bertz CT molecular complexity index is 205. The van der Waals surface area contributed by atoms with Crippen molar-refractivity contribution in [2.45, 2.75) is 57.6 Å². The van der Waals surface area contributed by atoms with Gasteiger partial charge < -0.3 is 0 Å². The average molecular weight is 200 g/mol. The first kappa shape index (κ1) is 11.1. The maximum Gasteiger partial charge on any atom is 0.140 e. The lowest BCUT2D eigenvalue weighted by molar-refractivity contribution is -0.133. The molecule has 0 aromatic heterocycles. The van der Waals surface area contributed by atoms with Crippen LogP contribution in [0.5, 0.6) is 0 Å². The van der Waals surface area contributed by atoms with Crippen LogP contribution < -0.4 is 0 Å². The van der Waals surface area contributed by atoms with Crippen LogP contribution in [0.4, 0.5) is 0 Å². The number of ketones is 1. The quantitative estimate of drug-likeness (QED) is 0.677. The molecule has 1 nitrogen and oxygen atoms in total. The minimum Gasteiger partial charge on any atom is -0.299 e. The molecule has 0 aromatic carbocycles. The van der Waals surface area contributed by atoms with Crippen molar-refractivity contribution in [1.82, 2.24) is 0 Å².